The molecule has 406 valence electrons. The molecule has 2 atom stereocenters. The molecule has 6 rings (SSSR count). The molecule has 0 fully saturated rings. The normalized spacial score (nSPS) is 16.6. The van der Waals surface area contributed by atoms with Gasteiger partial charge in [-0.25, -0.2) is 35.9 Å². The highest BCUT2D eigenvalue weighted by molar-refractivity contribution is 7.89. The lowest BCUT2D eigenvalue weighted by atomic mass is 9.99. The van der Waals surface area contributed by atoms with E-state index in [0.717, 1.165) is 36.1 Å². The zero-order valence-corrected chi connectivity index (χ0v) is 44.7. The first-order chi connectivity index (χ1) is 34.1. The third-order valence-electron chi connectivity index (χ3n) is 11.8. The smallest absolute Gasteiger partial charge is 0.416 e. The molecule has 74 heavy (non-hydrogen) atoms. The molecule has 2 aliphatic rings. The summed E-state index contributed by atoms with van der Waals surface area (Å²) < 4.78 is 162. The van der Waals surface area contributed by atoms with Crippen LogP contribution in [0.4, 0.5) is 26.3 Å². The van der Waals surface area contributed by atoms with Gasteiger partial charge in [-0.1, -0.05) is 63.1 Å². The van der Waals surface area contributed by atoms with Gasteiger partial charge in [0, 0.05) is 12.1 Å². The number of rotatable bonds is 14. The molecule has 12 nitrogen and oxygen atoms in total. The number of alkyl halides is 6. The second-order valence-electron chi connectivity index (χ2n) is 20.7. The van der Waals surface area contributed by atoms with Gasteiger partial charge in [-0.05, 0) is 175 Å². The number of halogens is 6. The number of nitrogens with one attached hydrogen (secondary N) is 2. The Hall–Kier alpha value is -5.44. The van der Waals surface area contributed by atoms with Crippen molar-refractivity contribution < 1.29 is 71.7 Å². The minimum Gasteiger partial charge on any atom is -0.482 e. The van der Waals surface area contributed by atoms with Gasteiger partial charge in [0.25, 0.3) is 0 Å². The number of fused-ring (bicyclic) bond motifs is 2. The molecule has 2 aliphatic carbocycles. The average molecular weight is 1080 g/mol. The first-order valence-corrected chi connectivity index (χ1v) is 27.2. The minimum atomic E-state index is -4.72. The number of carbonyl (C=O) groups excluding carboxylic acids is 2. The fraction of sp³-hybridized carbons (Fsp3) is 0.481. The number of allylic oxidation sites excluding steroid dienone is 1. The second kappa shape index (κ2) is 23.6. The summed E-state index contributed by atoms with van der Waals surface area (Å²) in [5.41, 5.74) is 0.171. The van der Waals surface area contributed by atoms with Crippen molar-refractivity contribution in [2.45, 2.75) is 165 Å². The van der Waals surface area contributed by atoms with E-state index >= 15 is 0 Å². The number of ether oxygens (including phenoxy) is 4. The molecule has 0 aromatic heterocycles. The first kappa shape index (κ1) is 59.4. The first-order valence-electron chi connectivity index (χ1n) is 24.2. The number of hydrogen-bond donors (Lipinski definition) is 2. The lowest BCUT2D eigenvalue weighted by Crippen LogP contribution is -2.29. The van der Waals surface area contributed by atoms with Gasteiger partial charge in [0.1, 0.15) is 22.7 Å². The van der Waals surface area contributed by atoms with Crippen LogP contribution in [0, 0.1) is 0 Å². The quantitative estimate of drug-likeness (QED) is 0.0706. The van der Waals surface area contributed by atoms with Crippen LogP contribution in [0.5, 0.6) is 11.5 Å². The molecule has 0 heterocycles. The number of sulfonamides is 2. The highest BCUT2D eigenvalue weighted by Gasteiger charge is 2.36. The van der Waals surface area contributed by atoms with E-state index in [9.17, 15) is 52.8 Å². The van der Waals surface area contributed by atoms with Crippen LogP contribution in [-0.4, -0.2) is 53.2 Å². The number of carbonyl (C=O) groups is 2. The summed E-state index contributed by atoms with van der Waals surface area (Å²) in [6.07, 6.45) is -4.36. The Morgan fingerprint density at radius 2 is 1.03 bits per heavy atom. The lowest BCUT2D eigenvalue weighted by Gasteiger charge is -2.22. The predicted molar refractivity (Wildman–Crippen MR) is 268 cm³/mol. The van der Waals surface area contributed by atoms with Crippen LogP contribution in [0.1, 0.15) is 163 Å². The largest absolute Gasteiger partial charge is 0.482 e. The monoisotopic (exact) mass is 1080 g/mol. The van der Waals surface area contributed by atoms with E-state index < -0.39 is 88.5 Å². The molecule has 4 aromatic rings. The zero-order valence-electron chi connectivity index (χ0n) is 43.1. The van der Waals surface area contributed by atoms with Crippen molar-refractivity contribution in [3.05, 3.63) is 124 Å². The second-order valence-corrected chi connectivity index (χ2v) is 24.1. The Morgan fingerprint density at radius 1 is 0.622 bits per heavy atom. The van der Waals surface area contributed by atoms with E-state index in [2.05, 4.69) is 16.0 Å². The third-order valence-corrected chi connectivity index (χ3v) is 14.7. The van der Waals surface area contributed by atoms with Gasteiger partial charge in [-0.2, -0.15) is 26.3 Å². The summed E-state index contributed by atoms with van der Waals surface area (Å²) in [6.45, 7) is 18.5. The van der Waals surface area contributed by atoms with Gasteiger partial charge < -0.3 is 18.9 Å². The van der Waals surface area contributed by atoms with Crippen molar-refractivity contribution in [2.75, 3.05) is 13.2 Å². The molecular formula is C54H66F6N2O10S2. The molecule has 0 amide bonds. The fourth-order valence-corrected chi connectivity index (χ4v) is 11.1. The molecule has 0 radical (unpaired) electrons. The van der Waals surface area contributed by atoms with Gasteiger partial charge in [-0.15, -0.1) is 0 Å². The Morgan fingerprint density at radius 3 is 1.41 bits per heavy atom. The van der Waals surface area contributed by atoms with E-state index in [1.54, 1.807) is 91.8 Å². The van der Waals surface area contributed by atoms with Crippen LogP contribution in [0.15, 0.2) is 89.2 Å². The van der Waals surface area contributed by atoms with Crippen molar-refractivity contribution in [1.82, 2.24) is 9.44 Å². The Kier molecular flexibility index (Phi) is 19.0. The summed E-state index contributed by atoms with van der Waals surface area (Å²) in [5.74, 6) is -0.455. The van der Waals surface area contributed by atoms with Crippen LogP contribution in [0.3, 0.4) is 0 Å². The van der Waals surface area contributed by atoms with Gasteiger partial charge in [0.2, 0.25) is 20.0 Å². The predicted octanol–water partition coefficient (Wildman–Crippen LogP) is 12.5. The SMILES string of the molecule is C=C(C)c1cc(C(F)(F)F)cc(S(=O)(=O)NC2CCCCc3c(OCC(=O)OC(C)(C)C)cccc32)c1.CC(C)c1cc(C(F)(F)F)cc(S(=O)(=O)NC2CCCCc3c(OCC(=O)OC(C)(C)C)cccc32)c1. The molecule has 2 unspecified atom stereocenters. The van der Waals surface area contributed by atoms with E-state index in [1.807, 2.05) is 0 Å². The third kappa shape index (κ3) is 16.8. The van der Waals surface area contributed by atoms with Crippen LogP contribution in [-0.2, 0) is 64.3 Å². The summed E-state index contributed by atoms with van der Waals surface area (Å²) in [4.78, 5) is 23.4. The molecule has 2 N–H and O–H groups in total. The summed E-state index contributed by atoms with van der Waals surface area (Å²) in [6, 6.07) is 14.7. The van der Waals surface area contributed by atoms with Crippen LogP contribution in [0.2, 0.25) is 0 Å². The standard InChI is InChI=1S/C27H34F3NO5S.C27H32F3NO5S/c2*1-17(2)18-13-19(27(28,29)30)15-20(14-18)37(33,34)31-23-11-7-6-9-22-21(23)10-8-12-24(22)35-16-25(32)36-26(3,4)5/h8,10,12-15,17,23,31H,6-7,9,11,16H2,1-5H3;8,10,12-15,23,31H,1,6-7,9,11,16H2,2-5H3. The minimum absolute atomic E-state index is 0.0919. The maximum atomic E-state index is 13.5. The Labute approximate surface area is 430 Å². The summed E-state index contributed by atoms with van der Waals surface area (Å²) >= 11 is 0. The topological polar surface area (TPSA) is 163 Å². The molecule has 20 heteroatoms. The van der Waals surface area contributed by atoms with Crippen molar-refractivity contribution in [2.24, 2.45) is 0 Å². The molecule has 0 aliphatic heterocycles. The van der Waals surface area contributed by atoms with Gasteiger partial charge in [0.15, 0.2) is 13.2 Å². The average Bonchev–Trinajstić information content (AvgIpc) is 3.61. The fourth-order valence-electron chi connectivity index (χ4n) is 8.44. The van der Waals surface area contributed by atoms with E-state index in [1.165, 1.54) is 19.1 Å². The summed E-state index contributed by atoms with van der Waals surface area (Å²) in [5, 5.41) is 0. The number of benzene rings is 4. The van der Waals surface area contributed by atoms with Crippen molar-refractivity contribution >= 4 is 37.6 Å². The van der Waals surface area contributed by atoms with E-state index in [0.29, 0.717) is 78.9 Å². The van der Waals surface area contributed by atoms with Crippen molar-refractivity contribution in [1.29, 1.82) is 0 Å². The van der Waals surface area contributed by atoms with E-state index in [4.69, 9.17) is 18.9 Å². The number of hydrogen-bond acceptors (Lipinski definition) is 10. The molecule has 0 bridgehead atoms. The highest BCUT2D eigenvalue weighted by Crippen LogP contribution is 2.39. The summed E-state index contributed by atoms with van der Waals surface area (Å²) in [7, 11) is -8.60. The van der Waals surface area contributed by atoms with Crippen molar-refractivity contribution in [3.63, 3.8) is 0 Å². The van der Waals surface area contributed by atoms with E-state index in [-0.39, 0.29) is 30.3 Å². The maximum absolute atomic E-state index is 13.5. The molecule has 4 aromatic carbocycles. The van der Waals surface area contributed by atoms with Crippen LogP contribution in [0.25, 0.3) is 5.57 Å². The Balaban J connectivity index is 0.000000274. The molecule has 0 spiro atoms. The molecular weight excluding hydrogens is 1010 g/mol. The molecule has 0 saturated carbocycles. The molecule has 0 saturated heterocycles. The van der Waals surface area contributed by atoms with Crippen LogP contribution < -0.4 is 18.9 Å². The zero-order chi connectivity index (χ0) is 55.2. The maximum Gasteiger partial charge on any atom is 0.416 e. The van der Waals surface area contributed by atoms with Gasteiger partial charge in [0.05, 0.1) is 20.9 Å². The highest BCUT2D eigenvalue weighted by atomic mass is 32.2. The lowest BCUT2D eigenvalue weighted by molar-refractivity contribution is -0.158. The van der Waals surface area contributed by atoms with Crippen LogP contribution >= 0.6 is 0 Å². The van der Waals surface area contributed by atoms with Gasteiger partial charge in [-0.3, -0.25) is 0 Å². The van der Waals surface area contributed by atoms with Crippen molar-refractivity contribution in [3.8, 4) is 11.5 Å². The Bertz CT molecular complexity index is 2910. The van der Waals surface area contributed by atoms with Gasteiger partial charge >= 0.3 is 24.3 Å². The number of esters is 2.